The van der Waals surface area contributed by atoms with E-state index in [4.69, 9.17) is 9.72 Å². The van der Waals surface area contributed by atoms with Gasteiger partial charge in [0.25, 0.3) is 5.56 Å². The zero-order valence-corrected chi connectivity index (χ0v) is 21.3. The standard InChI is InChI=1S/C23H32N6O5S/c1-5-7-18-20-21(27(4)26-18)23(31)25-22(24-20)17-14-16(8-9-19(17)34-6-2)35(32,33)29-12-10-28(11-13-29)15(3)30/h8-9,14-15,30H,5-7,10-13H2,1-4H3,(H,24,25,31). The summed E-state index contributed by atoms with van der Waals surface area (Å²) in [4.78, 5) is 22.3. The molecule has 0 aliphatic carbocycles. The number of piperazine rings is 1. The fourth-order valence-electron chi connectivity index (χ4n) is 4.38. The molecule has 35 heavy (non-hydrogen) atoms. The number of rotatable bonds is 8. The Hall–Kier alpha value is -2.80. The normalized spacial score (nSPS) is 16.6. The SMILES string of the molecule is CCCc1nn(C)c2c(=O)[nH]c(-c3cc(S(=O)(=O)N4CCN(C(C)O)CC4)ccc3OCC)nc12. The molecule has 1 fully saturated rings. The summed E-state index contributed by atoms with van der Waals surface area (Å²) in [7, 11) is -2.10. The lowest BCUT2D eigenvalue weighted by atomic mass is 10.1. The molecule has 3 aromatic rings. The highest BCUT2D eigenvalue weighted by atomic mass is 32.2. The van der Waals surface area contributed by atoms with E-state index < -0.39 is 16.3 Å². The molecule has 3 heterocycles. The van der Waals surface area contributed by atoms with Crippen LogP contribution in [0.3, 0.4) is 0 Å². The number of hydrogen-bond donors (Lipinski definition) is 2. The molecule has 12 heteroatoms. The van der Waals surface area contributed by atoms with E-state index in [0.717, 1.165) is 12.1 Å². The molecule has 0 bridgehead atoms. The predicted molar refractivity (Wildman–Crippen MR) is 132 cm³/mol. The Balaban J connectivity index is 1.79. The summed E-state index contributed by atoms with van der Waals surface area (Å²) in [5, 5.41) is 14.2. The van der Waals surface area contributed by atoms with Crippen molar-refractivity contribution in [3.05, 3.63) is 34.2 Å². The second-order valence-electron chi connectivity index (χ2n) is 8.59. The molecule has 0 radical (unpaired) electrons. The Morgan fingerprint density at radius 1 is 1.20 bits per heavy atom. The first-order chi connectivity index (χ1) is 16.7. The number of sulfonamides is 1. The van der Waals surface area contributed by atoms with Gasteiger partial charge in [-0.1, -0.05) is 13.3 Å². The van der Waals surface area contributed by atoms with Gasteiger partial charge >= 0.3 is 0 Å². The van der Waals surface area contributed by atoms with Gasteiger partial charge in [0.05, 0.1) is 22.8 Å². The molecule has 0 amide bonds. The number of aromatic nitrogens is 4. The van der Waals surface area contributed by atoms with Crippen molar-refractivity contribution in [3.63, 3.8) is 0 Å². The van der Waals surface area contributed by atoms with Gasteiger partial charge in [0.15, 0.2) is 5.52 Å². The molecule has 0 spiro atoms. The van der Waals surface area contributed by atoms with Crippen molar-refractivity contribution in [1.29, 1.82) is 0 Å². The zero-order valence-electron chi connectivity index (χ0n) is 20.5. The largest absolute Gasteiger partial charge is 0.493 e. The molecule has 1 aliphatic rings. The number of aromatic amines is 1. The molecule has 1 aliphatic heterocycles. The van der Waals surface area contributed by atoms with Crippen molar-refractivity contribution < 1.29 is 18.3 Å². The zero-order chi connectivity index (χ0) is 25.3. The van der Waals surface area contributed by atoms with Gasteiger partial charge in [-0.15, -0.1) is 0 Å². The second-order valence-corrected chi connectivity index (χ2v) is 10.5. The topological polar surface area (TPSA) is 134 Å². The summed E-state index contributed by atoms with van der Waals surface area (Å²) in [6.07, 6.45) is 0.883. The maximum Gasteiger partial charge on any atom is 0.277 e. The van der Waals surface area contributed by atoms with E-state index in [2.05, 4.69) is 10.1 Å². The third-order valence-electron chi connectivity index (χ3n) is 6.19. The van der Waals surface area contributed by atoms with Gasteiger partial charge in [-0.05, 0) is 38.5 Å². The van der Waals surface area contributed by atoms with Crippen LogP contribution in [-0.4, -0.2) is 81.5 Å². The van der Waals surface area contributed by atoms with Crippen LogP contribution in [0.1, 0.15) is 32.9 Å². The summed E-state index contributed by atoms with van der Waals surface area (Å²) in [6, 6.07) is 4.60. The molecule has 190 valence electrons. The van der Waals surface area contributed by atoms with E-state index in [1.54, 1.807) is 20.0 Å². The number of benzene rings is 1. The maximum atomic E-state index is 13.4. The minimum atomic E-state index is -3.81. The van der Waals surface area contributed by atoms with Crippen LogP contribution in [0.2, 0.25) is 0 Å². The number of ether oxygens (including phenoxy) is 1. The van der Waals surface area contributed by atoms with Crippen LogP contribution in [0.5, 0.6) is 5.75 Å². The lowest BCUT2D eigenvalue weighted by molar-refractivity contribution is -0.000179. The van der Waals surface area contributed by atoms with E-state index in [-0.39, 0.29) is 29.4 Å². The van der Waals surface area contributed by atoms with Gasteiger partial charge in [-0.25, -0.2) is 13.4 Å². The number of aliphatic hydroxyl groups is 1. The van der Waals surface area contributed by atoms with Crippen LogP contribution in [0.4, 0.5) is 0 Å². The lowest BCUT2D eigenvalue weighted by Gasteiger charge is -2.35. The van der Waals surface area contributed by atoms with Gasteiger partial charge in [0.1, 0.15) is 23.3 Å². The molecular formula is C23H32N6O5S. The second kappa shape index (κ2) is 10.1. The number of aryl methyl sites for hydroxylation is 2. The average molecular weight is 505 g/mol. The highest BCUT2D eigenvalue weighted by Crippen LogP contribution is 2.32. The van der Waals surface area contributed by atoms with Crippen LogP contribution in [0, 0.1) is 0 Å². The minimum Gasteiger partial charge on any atom is -0.493 e. The van der Waals surface area contributed by atoms with Crippen LogP contribution in [-0.2, 0) is 23.5 Å². The first-order valence-electron chi connectivity index (χ1n) is 11.8. The Morgan fingerprint density at radius 2 is 1.91 bits per heavy atom. The molecular weight excluding hydrogens is 472 g/mol. The van der Waals surface area contributed by atoms with Crippen LogP contribution in [0.15, 0.2) is 27.9 Å². The summed E-state index contributed by atoms with van der Waals surface area (Å²) >= 11 is 0. The van der Waals surface area contributed by atoms with Gasteiger partial charge in [0.2, 0.25) is 10.0 Å². The highest BCUT2D eigenvalue weighted by molar-refractivity contribution is 7.89. The van der Waals surface area contributed by atoms with Gasteiger partial charge in [-0.2, -0.15) is 9.40 Å². The summed E-state index contributed by atoms with van der Waals surface area (Å²) in [5.41, 5.74) is 1.62. The average Bonchev–Trinajstić information content (AvgIpc) is 3.15. The smallest absolute Gasteiger partial charge is 0.277 e. The molecule has 2 N–H and O–H groups in total. The number of hydrogen-bond acceptors (Lipinski definition) is 8. The highest BCUT2D eigenvalue weighted by Gasteiger charge is 2.30. The van der Waals surface area contributed by atoms with Crippen molar-refractivity contribution in [2.24, 2.45) is 7.05 Å². The Morgan fingerprint density at radius 3 is 2.54 bits per heavy atom. The molecule has 4 rings (SSSR count). The van der Waals surface area contributed by atoms with Crippen LogP contribution >= 0.6 is 0 Å². The number of aliphatic hydroxyl groups excluding tert-OH is 1. The number of H-pyrrole nitrogens is 1. The van der Waals surface area contributed by atoms with Crippen molar-refractivity contribution >= 4 is 21.1 Å². The Labute approximate surface area is 204 Å². The third-order valence-corrected chi connectivity index (χ3v) is 8.09. The quantitative estimate of drug-likeness (QED) is 0.469. The van der Waals surface area contributed by atoms with Crippen LogP contribution < -0.4 is 10.3 Å². The summed E-state index contributed by atoms with van der Waals surface area (Å²) in [5.74, 6) is 0.654. The molecule has 1 aromatic carbocycles. The molecule has 1 atom stereocenters. The van der Waals surface area contributed by atoms with Crippen molar-refractivity contribution in [2.75, 3.05) is 32.8 Å². The first kappa shape index (κ1) is 25.3. The Bertz CT molecular complexity index is 1370. The van der Waals surface area contributed by atoms with E-state index in [1.165, 1.54) is 21.1 Å². The molecule has 0 saturated carbocycles. The first-order valence-corrected chi connectivity index (χ1v) is 13.3. The molecule has 11 nitrogen and oxygen atoms in total. The van der Waals surface area contributed by atoms with E-state index in [0.29, 0.717) is 48.5 Å². The predicted octanol–water partition coefficient (Wildman–Crippen LogP) is 1.32. The number of nitrogens with zero attached hydrogens (tertiary/aromatic N) is 5. The van der Waals surface area contributed by atoms with Gasteiger partial charge in [0, 0.05) is 33.2 Å². The lowest BCUT2D eigenvalue weighted by Crippen LogP contribution is -2.51. The number of fused-ring (bicyclic) bond motifs is 1. The minimum absolute atomic E-state index is 0.0872. The van der Waals surface area contributed by atoms with Crippen molar-refractivity contribution in [3.8, 4) is 17.1 Å². The summed E-state index contributed by atoms with van der Waals surface area (Å²) < 4.78 is 35.6. The summed E-state index contributed by atoms with van der Waals surface area (Å²) in [6.45, 7) is 7.30. The van der Waals surface area contributed by atoms with Crippen molar-refractivity contribution in [2.45, 2.75) is 44.7 Å². The van der Waals surface area contributed by atoms with E-state index >= 15 is 0 Å². The fraction of sp³-hybridized carbons (Fsp3) is 0.522. The molecule has 1 saturated heterocycles. The van der Waals surface area contributed by atoms with E-state index in [9.17, 15) is 18.3 Å². The Kier molecular flexibility index (Phi) is 7.27. The maximum absolute atomic E-state index is 13.4. The molecule has 1 unspecified atom stereocenters. The van der Waals surface area contributed by atoms with Crippen molar-refractivity contribution in [1.82, 2.24) is 29.0 Å². The van der Waals surface area contributed by atoms with Gasteiger partial charge in [-0.3, -0.25) is 14.4 Å². The third kappa shape index (κ3) is 4.83. The molecule has 2 aromatic heterocycles. The van der Waals surface area contributed by atoms with Gasteiger partial charge < -0.3 is 14.8 Å². The van der Waals surface area contributed by atoms with E-state index in [1.807, 2.05) is 18.7 Å². The monoisotopic (exact) mass is 504 g/mol. The fourth-order valence-corrected chi connectivity index (χ4v) is 5.83. The number of nitrogens with one attached hydrogen (secondary N) is 1. The van der Waals surface area contributed by atoms with Crippen LogP contribution in [0.25, 0.3) is 22.4 Å².